The SMILES string of the molecule is NC(=NCCc1ccc(OC(F)(F)F)cc1)NC1CCCCC1. The number of halogens is 3. The number of aliphatic imine (C=N–C) groups is 1. The summed E-state index contributed by atoms with van der Waals surface area (Å²) in [6.45, 7) is 0.491. The molecule has 0 atom stereocenters. The fraction of sp³-hybridized carbons (Fsp3) is 0.562. The molecule has 0 bridgehead atoms. The summed E-state index contributed by atoms with van der Waals surface area (Å²) in [6, 6.07) is 6.21. The van der Waals surface area contributed by atoms with Gasteiger partial charge in [0, 0.05) is 12.6 Å². The maximum absolute atomic E-state index is 12.1. The van der Waals surface area contributed by atoms with E-state index >= 15 is 0 Å². The Labute approximate surface area is 133 Å². The van der Waals surface area contributed by atoms with Gasteiger partial charge in [0.25, 0.3) is 0 Å². The van der Waals surface area contributed by atoms with E-state index in [1.54, 1.807) is 12.1 Å². The van der Waals surface area contributed by atoms with Crippen LogP contribution < -0.4 is 15.8 Å². The topological polar surface area (TPSA) is 59.6 Å². The third-order valence-corrected chi connectivity index (χ3v) is 3.80. The van der Waals surface area contributed by atoms with Gasteiger partial charge in [-0.1, -0.05) is 31.4 Å². The van der Waals surface area contributed by atoms with Crippen LogP contribution in [0.5, 0.6) is 5.75 Å². The van der Waals surface area contributed by atoms with Gasteiger partial charge in [-0.3, -0.25) is 4.99 Å². The van der Waals surface area contributed by atoms with Crippen LogP contribution in [-0.2, 0) is 6.42 Å². The fourth-order valence-electron chi connectivity index (χ4n) is 2.66. The maximum atomic E-state index is 12.1. The zero-order valence-corrected chi connectivity index (χ0v) is 12.9. The molecule has 0 unspecified atom stereocenters. The predicted molar refractivity (Wildman–Crippen MR) is 83.3 cm³/mol. The Morgan fingerprint density at radius 1 is 1.17 bits per heavy atom. The van der Waals surface area contributed by atoms with Crippen molar-refractivity contribution in [3.8, 4) is 5.75 Å². The minimum atomic E-state index is -4.66. The van der Waals surface area contributed by atoms with Crippen molar-refractivity contribution in [2.24, 2.45) is 10.7 Å². The van der Waals surface area contributed by atoms with Crippen LogP contribution in [0.2, 0.25) is 0 Å². The first-order valence-electron chi connectivity index (χ1n) is 7.83. The van der Waals surface area contributed by atoms with E-state index in [9.17, 15) is 13.2 Å². The minimum Gasteiger partial charge on any atom is -0.406 e. The first-order chi connectivity index (χ1) is 10.9. The lowest BCUT2D eigenvalue weighted by molar-refractivity contribution is -0.274. The third kappa shape index (κ3) is 6.80. The highest BCUT2D eigenvalue weighted by molar-refractivity contribution is 5.78. The first kappa shape index (κ1) is 17.4. The van der Waals surface area contributed by atoms with E-state index in [1.807, 2.05) is 0 Å². The van der Waals surface area contributed by atoms with Crippen LogP contribution in [0, 0.1) is 0 Å². The molecule has 7 heteroatoms. The monoisotopic (exact) mass is 329 g/mol. The average Bonchev–Trinajstić information content (AvgIpc) is 2.48. The summed E-state index contributed by atoms with van der Waals surface area (Å²) in [6.07, 6.45) is 1.91. The van der Waals surface area contributed by atoms with Crippen LogP contribution in [0.4, 0.5) is 13.2 Å². The Kier molecular flexibility index (Phi) is 6.12. The van der Waals surface area contributed by atoms with Crippen molar-refractivity contribution in [3.63, 3.8) is 0 Å². The average molecular weight is 329 g/mol. The normalized spacial score (nSPS) is 17.1. The van der Waals surface area contributed by atoms with Crippen molar-refractivity contribution < 1.29 is 17.9 Å². The van der Waals surface area contributed by atoms with Crippen molar-refractivity contribution in [2.45, 2.75) is 50.9 Å². The molecule has 0 saturated heterocycles. The second kappa shape index (κ2) is 8.08. The van der Waals surface area contributed by atoms with Crippen LogP contribution in [-0.4, -0.2) is 24.9 Å². The zero-order valence-electron chi connectivity index (χ0n) is 12.9. The van der Waals surface area contributed by atoms with Gasteiger partial charge in [-0.05, 0) is 37.0 Å². The Morgan fingerprint density at radius 2 is 1.83 bits per heavy atom. The van der Waals surface area contributed by atoms with Gasteiger partial charge in [0.2, 0.25) is 0 Å². The van der Waals surface area contributed by atoms with Crippen molar-refractivity contribution in [1.82, 2.24) is 5.32 Å². The first-order valence-corrected chi connectivity index (χ1v) is 7.83. The number of alkyl halides is 3. The molecule has 0 spiro atoms. The van der Waals surface area contributed by atoms with E-state index < -0.39 is 6.36 Å². The molecule has 0 heterocycles. The summed E-state index contributed by atoms with van der Waals surface area (Å²) >= 11 is 0. The van der Waals surface area contributed by atoms with Crippen LogP contribution in [0.1, 0.15) is 37.7 Å². The molecule has 0 aromatic heterocycles. The molecule has 128 valence electrons. The summed E-state index contributed by atoms with van der Waals surface area (Å²) in [5, 5.41) is 3.22. The number of hydrogen-bond acceptors (Lipinski definition) is 2. The Morgan fingerprint density at radius 3 is 2.43 bits per heavy atom. The number of hydrogen-bond donors (Lipinski definition) is 2. The fourth-order valence-corrected chi connectivity index (χ4v) is 2.66. The van der Waals surface area contributed by atoms with Crippen molar-refractivity contribution in [1.29, 1.82) is 0 Å². The lowest BCUT2D eigenvalue weighted by Gasteiger charge is -2.23. The van der Waals surface area contributed by atoms with E-state index in [-0.39, 0.29) is 5.75 Å². The highest BCUT2D eigenvalue weighted by atomic mass is 19.4. The largest absolute Gasteiger partial charge is 0.573 e. The Bertz CT molecular complexity index is 508. The molecule has 1 aromatic rings. The lowest BCUT2D eigenvalue weighted by Crippen LogP contribution is -2.41. The van der Waals surface area contributed by atoms with Gasteiger partial charge in [0.1, 0.15) is 5.75 Å². The number of ether oxygens (including phenoxy) is 1. The summed E-state index contributed by atoms with van der Waals surface area (Å²) in [7, 11) is 0. The van der Waals surface area contributed by atoms with Gasteiger partial charge in [-0.15, -0.1) is 13.2 Å². The van der Waals surface area contributed by atoms with E-state index in [2.05, 4.69) is 15.0 Å². The molecule has 0 aliphatic heterocycles. The summed E-state index contributed by atoms with van der Waals surface area (Å²) in [4.78, 5) is 4.27. The van der Waals surface area contributed by atoms with E-state index in [0.29, 0.717) is 25.0 Å². The maximum Gasteiger partial charge on any atom is 0.573 e. The van der Waals surface area contributed by atoms with Crippen LogP contribution in [0.25, 0.3) is 0 Å². The van der Waals surface area contributed by atoms with Crippen LogP contribution in [0.3, 0.4) is 0 Å². The third-order valence-electron chi connectivity index (χ3n) is 3.80. The predicted octanol–water partition coefficient (Wildman–Crippen LogP) is 3.36. The van der Waals surface area contributed by atoms with Gasteiger partial charge in [0.15, 0.2) is 5.96 Å². The molecule has 1 fully saturated rings. The second-order valence-corrected chi connectivity index (χ2v) is 5.69. The Hall–Kier alpha value is -1.92. The highest BCUT2D eigenvalue weighted by Crippen LogP contribution is 2.22. The molecule has 3 N–H and O–H groups in total. The molecule has 4 nitrogen and oxygen atoms in total. The van der Waals surface area contributed by atoms with Gasteiger partial charge in [0.05, 0.1) is 0 Å². The molecule has 0 radical (unpaired) electrons. The standard InChI is InChI=1S/C16H22F3N3O/c17-16(18,19)23-14-8-6-12(7-9-14)10-11-21-15(20)22-13-4-2-1-3-5-13/h6-9,13H,1-5,10-11H2,(H3,20,21,22). The van der Waals surface area contributed by atoms with Gasteiger partial charge in [-0.25, -0.2) is 0 Å². The zero-order chi connectivity index (χ0) is 16.7. The van der Waals surface area contributed by atoms with Crippen LogP contribution >= 0.6 is 0 Å². The van der Waals surface area contributed by atoms with Gasteiger partial charge >= 0.3 is 6.36 Å². The van der Waals surface area contributed by atoms with E-state index in [1.165, 1.54) is 31.4 Å². The molecular formula is C16H22F3N3O. The van der Waals surface area contributed by atoms with E-state index in [4.69, 9.17) is 5.73 Å². The smallest absolute Gasteiger partial charge is 0.406 e. The number of guanidine groups is 1. The van der Waals surface area contributed by atoms with Crippen LogP contribution in [0.15, 0.2) is 29.3 Å². The second-order valence-electron chi connectivity index (χ2n) is 5.69. The van der Waals surface area contributed by atoms with Gasteiger partial charge in [-0.2, -0.15) is 0 Å². The molecule has 1 aliphatic rings. The summed E-state index contributed by atoms with van der Waals surface area (Å²) in [5.41, 5.74) is 6.74. The molecule has 1 aliphatic carbocycles. The Balaban J connectivity index is 1.75. The molecular weight excluding hydrogens is 307 g/mol. The lowest BCUT2D eigenvalue weighted by atomic mass is 9.96. The number of nitrogens with one attached hydrogen (secondary N) is 1. The number of nitrogens with two attached hydrogens (primary N) is 1. The van der Waals surface area contributed by atoms with Crippen molar-refractivity contribution in [3.05, 3.63) is 29.8 Å². The quantitative estimate of drug-likeness (QED) is 0.643. The molecule has 1 aromatic carbocycles. The van der Waals surface area contributed by atoms with Crippen molar-refractivity contribution in [2.75, 3.05) is 6.54 Å². The van der Waals surface area contributed by atoms with Crippen molar-refractivity contribution >= 4 is 5.96 Å². The number of benzene rings is 1. The minimum absolute atomic E-state index is 0.219. The molecule has 0 amide bonds. The summed E-state index contributed by atoms with van der Waals surface area (Å²) < 4.78 is 40.0. The van der Waals surface area contributed by atoms with E-state index in [0.717, 1.165) is 18.4 Å². The molecule has 23 heavy (non-hydrogen) atoms. The summed E-state index contributed by atoms with van der Waals surface area (Å²) in [5.74, 6) is 0.220. The highest BCUT2D eigenvalue weighted by Gasteiger charge is 2.30. The number of nitrogens with zero attached hydrogens (tertiary/aromatic N) is 1. The van der Waals surface area contributed by atoms with Gasteiger partial charge < -0.3 is 15.8 Å². The molecule has 2 rings (SSSR count). The molecule has 1 saturated carbocycles. The number of rotatable bonds is 5.